The Morgan fingerprint density at radius 1 is 1.11 bits per heavy atom. The largest absolute Gasteiger partial charge is 0.329 e. The van der Waals surface area contributed by atoms with Gasteiger partial charge in [0.2, 0.25) is 0 Å². The molecule has 2 heteroatoms. The summed E-state index contributed by atoms with van der Waals surface area (Å²) in [5.41, 5.74) is 12.0. The highest BCUT2D eigenvalue weighted by atomic mass is 15.2. The number of likely N-dealkylation sites (N-methyl/N-ethyl adjacent to an activating group) is 1. The summed E-state index contributed by atoms with van der Waals surface area (Å²) < 4.78 is 0. The van der Waals surface area contributed by atoms with Crippen molar-refractivity contribution in [1.82, 2.24) is 4.90 Å². The van der Waals surface area contributed by atoms with Crippen molar-refractivity contribution in [2.45, 2.75) is 58.5 Å². The third-order valence-electron chi connectivity index (χ3n) is 4.96. The van der Waals surface area contributed by atoms with Gasteiger partial charge in [-0.1, -0.05) is 30.5 Å². The Balaban J connectivity index is 2.21. The number of benzene rings is 1. The normalized spacial score (nSPS) is 18.2. The fourth-order valence-electron chi connectivity index (χ4n) is 3.64. The van der Waals surface area contributed by atoms with E-state index in [1.165, 1.54) is 47.9 Å². The molecule has 0 aromatic heterocycles. The summed E-state index contributed by atoms with van der Waals surface area (Å²) in [6.07, 6.45) is 5.16. The molecule has 0 unspecified atom stereocenters. The molecule has 0 bridgehead atoms. The average Bonchev–Trinajstić information content (AvgIpc) is 2.83. The Morgan fingerprint density at radius 3 is 2.11 bits per heavy atom. The van der Waals surface area contributed by atoms with E-state index in [1.54, 1.807) is 0 Å². The summed E-state index contributed by atoms with van der Waals surface area (Å²) in [7, 11) is 2.25. The second-order valence-electron chi connectivity index (χ2n) is 6.37. The van der Waals surface area contributed by atoms with Crippen molar-refractivity contribution in [3.8, 4) is 0 Å². The topological polar surface area (TPSA) is 29.3 Å². The van der Waals surface area contributed by atoms with Crippen LogP contribution in [0.25, 0.3) is 0 Å². The Bertz CT molecular complexity index is 422. The van der Waals surface area contributed by atoms with Gasteiger partial charge in [-0.2, -0.15) is 0 Å². The predicted molar refractivity (Wildman–Crippen MR) is 82.4 cm³/mol. The smallest absolute Gasteiger partial charge is 0.0332 e. The van der Waals surface area contributed by atoms with Crippen LogP contribution in [0.15, 0.2) is 12.1 Å². The monoisotopic (exact) mass is 260 g/mol. The predicted octanol–water partition coefficient (Wildman–Crippen LogP) is 3.32. The average molecular weight is 260 g/mol. The summed E-state index contributed by atoms with van der Waals surface area (Å²) >= 11 is 0. The van der Waals surface area contributed by atoms with E-state index >= 15 is 0 Å². The van der Waals surface area contributed by atoms with Crippen LogP contribution in [0.4, 0.5) is 0 Å². The van der Waals surface area contributed by atoms with Gasteiger partial charge >= 0.3 is 0 Å². The molecule has 106 valence electrons. The van der Waals surface area contributed by atoms with E-state index in [9.17, 15) is 0 Å². The van der Waals surface area contributed by atoms with E-state index < -0.39 is 0 Å². The molecule has 2 nitrogen and oxygen atoms in total. The summed E-state index contributed by atoms with van der Waals surface area (Å²) in [4.78, 5) is 2.50. The minimum absolute atomic E-state index is 0.240. The summed E-state index contributed by atoms with van der Waals surface area (Å²) in [6, 6.07) is 4.58. The Kier molecular flexibility index (Phi) is 4.32. The van der Waals surface area contributed by atoms with E-state index in [0.29, 0.717) is 0 Å². The number of nitrogens with zero attached hydrogens (tertiary/aromatic N) is 1. The van der Waals surface area contributed by atoms with Crippen LogP contribution in [0.3, 0.4) is 0 Å². The van der Waals surface area contributed by atoms with Gasteiger partial charge in [0.05, 0.1) is 0 Å². The molecule has 0 saturated heterocycles. The zero-order chi connectivity index (χ0) is 14.0. The van der Waals surface area contributed by atoms with E-state index in [-0.39, 0.29) is 5.54 Å². The molecule has 0 aliphatic heterocycles. The highest BCUT2D eigenvalue weighted by Crippen LogP contribution is 2.35. The zero-order valence-electron chi connectivity index (χ0n) is 12.9. The first-order chi connectivity index (χ1) is 8.98. The van der Waals surface area contributed by atoms with E-state index in [0.717, 1.165) is 13.1 Å². The highest BCUT2D eigenvalue weighted by Gasteiger charge is 2.36. The van der Waals surface area contributed by atoms with Gasteiger partial charge in [-0.05, 0) is 57.4 Å². The number of hydrogen-bond donors (Lipinski definition) is 1. The van der Waals surface area contributed by atoms with Crippen LogP contribution >= 0.6 is 0 Å². The van der Waals surface area contributed by atoms with Crippen molar-refractivity contribution < 1.29 is 0 Å². The van der Waals surface area contributed by atoms with Gasteiger partial charge in [0, 0.05) is 18.6 Å². The lowest BCUT2D eigenvalue weighted by atomic mass is 9.93. The molecule has 2 N–H and O–H groups in total. The minimum Gasteiger partial charge on any atom is -0.329 e. The van der Waals surface area contributed by atoms with Crippen molar-refractivity contribution in [3.05, 3.63) is 34.4 Å². The minimum atomic E-state index is 0.240. The fraction of sp³-hybridized carbons (Fsp3) is 0.647. The third kappa shape index (κ3) is 2.85. The Morgan fingerprint density at radius 2 is 1.63 bits per heavy atom. The molecule has 0 spiro atoms. The first-order valence-electron chi connectivity index (χ1n) is 7.46. The van der Waals surface area contributed by atoms with Gasteiger partial charge in [0.1, 0.15) is 0 Å². The first kappa shape index (κ1) is 14.5. The summed E-state index contributed by atoms with van der Waals surface area (Å²) in [5.74, 6) is 0. The molecule has 1 fully saturated rings. The van der Waals surface area contributed by atoms with Gasteiger partial charge in [-0.15, -0.1) is 0 Å². The van der Waals surface area contributed by atoms with Crippen molar-refractivity contribution in [3.63, 3.8) is 0 Å². The molecule has 2 rings (SSSR count). The van der Waals surface area contributed by atoms with E-state index in [1.807, 2.05) is 0 Å². The lowest BCUT2D eigenvalue weighted by Gasteiger charge is -2.38. The van der Waals surface area contributed by atoms with Gasteiger partial charge in [-0.3, -0.25) is 4.90 Å². The second kappa shape index (κ2) is 5.64. The quantitative estimate of drug-likeness (QED) is 0.900. The SMILES string of the molecule is Cc1cc(C)c(CN(C)C2(CN)CCCC2)c(C)c1. The maximum Gasteiger partial charge on any atom is 0.0332 e. The van der Waals surface area contributed by atoms with Crippen LogP contribution in [-0.4, -0.2) is 24.0 Å². The summed E-state index contributed by atoms with van der Waals surface area (Å²) in [5, 5.41) is 0. The second-order valence-corrected chi connectivity index (χ2v) is 6.37. The van der Waals surface area contributed by atoms with E-state index in [2.05, 4.69) is 44.9 Å². The molecule has 0 heterocycles. The van der Waals surface area contributed by atoms with Crippen molar-refractivity contribution in [1.29, 1.82) is 0 Å². The van der Waals surface area contributed by atoms with Gasteiger partial charge in [-0.25, -0.2) is 0 Å². The summed E-state index contributed by atoms with van der Waals surface area (Å²) in [6.45, 7) is 8.44. The van der Waals surface area contributed by atoms with Crippen LogP contribution in [-0.2, 0) is 6.54 Å². The van der Waals surface area contributed by atoms with Crippen molar-refractivity contribution >= 4 is 0 Å². The Hall–Kier alpha value is -0.860. The maximum atomic E-state index is 6.08. The maximum absolute atomic E-state index is 6.08. The molecule has 1 aliphatic carbocycles. The number of rotatable bonds is 4. The highest BCUT2D eigenvalue weighted by molar-refractivity contribution is 5.37. The Labute approximate surface area is 118 Å². The van der Waals surface area contributed by atoms with Crippen LogP contribution in [0.2, 0.25) is 0 Å². The van der Waals surface area contributed by atoms with Crippen molar-refractivity contribution in [2.24, 2.45) is 5.73 Å². The molecule has 0 atom stereocenters. The van der Waals surface area contributed by atoms with Crippen LogP contribution in [0.5, 0.6) is 0 Å². The van der Waals surface area contributed by atoms with Crippen LogP contribution in [0.1, 0.15) is 47.9 Å². The first-order valence-corrected chi connectivity index (χ1v) is 7.46. The number of hydrogen-bond acceptors (Lipinski definition) is 2. The van der Waals surface area contributed by atoms with Crippen molar-refractivity contribution in [2.75, 3.05) is 13.6 Å². The van der Waals surface area contributed by atoms with Gasteiger partial charge < -0.3 is 5.73 Å². The lowest BCUT2D eigenvalue weighted by molar-refractivity contribution is 0.123. The molecule has 1 aromatic rings. The van der Waals surface area contributed by atoms with Crippen LogP contribution < -0.4 is 5.73 Å². The molecule has 0 amide bonds. The van der Waals surface area contributed by atoms with Crippen LogP contribution in [0, 0.1) is 20.8 Å². The fourth-order valence-corrected chi connectivity index (χ4v) is 3.64. The molecule has 1 aromatic carbocycles. The van der Waals surface area contributed by atoms with Gasteiger partial charge in [0.15, 0.2) is 0 Å². The molecule has 0 radical (unpaired) electrons. The standard InChI is InChI=1S/C17H28N2/c1-13-9-14(2)16(15(3)10-13)11-19(4)17(12-18)7-5-6-8-17/h9-10H,5-8,11-12,18H2,1-4H3. The van der Waals surface area contributed by atoms with Gasteiger partial charge in [0.25, 0.3) is 0 Å². The number of aryl methyl sites for hydroxylation is 3. The number of nitrogens with two attached hydrogens (primary N) is 1. The zero-order valence-corrected chi connectivity index (χ0v) is 12.9. The molecular weight excluding hydrogens is 232 g/mol. The van der Waals surface area contributed by atoms with E-state index in [4.69, 9.17) is 5.73 Å². The third-order valence-corrected chi connectivity index (χ3v) is 4.96. The lowest BCUT2D eigenvalue weighted by Crippen LogP contribution is -2.49. The molecular formula is C17H28N2. The molecule has 1 aliphatic rings. The molecule has 1 saturated carbocycles. The molecule has 19 heavy (non-hydrogen) atoms.